The lowest BCUT2D eigenvalue weighted by Gasteiger charge is -2.35. The maximum absolute atomic E-state index is 13.5. The van der Waals surface area contributed by atoms with Crippen LogP contribution in [0.25, 0.3) is 0 Å². The van der Waals surface area contributed by atoms with Gasteiger partial charge in [-0.15, -0.1) is 0 Å². The van der Waals surface area contributed by atoms with Crippen LogP contribution in [0.2, 0.25) is 0 Å². The van der Waals surface area contributed by atoms with Crippen molar-refractivity contribution in [1.82, 2.24) is 29.7 Å². The third-order valence-corrected chi connectivity index (χ3v) is 7.28. The molecule has 0 bridgehead atoms. The number of likely N-dealkylation sites (N-methyl/N-ethyl adjacent to an activating group) is 1. The van der Waals surface area contributed by atoms with Crippen LogP contribution in [0.15, 0.2) is 18.6 Å². The molecule has 2 amide bonds. The Labute approximate surface area is 213 Å². The fourth-order valence-electron chi connectivity index (χ4n) is 5.11. The Morgan fingerprint density at radius 2 is 1.86 bits per heavy atom. The number of rotatable bonds is 4. The number of nitrogens with one attached hydrogen (secondary N) is 1. The molecule has 0 spiro atoms. The Hall–Kier alpha value is -3.35. The number of nitrogens with zero attached hydrogens (tertiary/aromatic N) is 7. The number of fused-ring (bicyclic) bond motifs is 1. The summed E-state index contributed by atoms with van der Waals surface area (Å²) in [6.07, 6.45) is -0.309. The van der Waals surface area contributed by atoms with Crippen LogP contribution in [0.4, 0.5) is 29.5 Å². The lowest BCUT2D eigenvalue weighted by atomic mass is 10.0. The van der Waals surface area contributed by atoms with Crippen molar-refractivity contribution in [2.45, 2.75) is 31.6 Å². The number of carbonyl (C=O) groups is 1. The lowest BCUT2D eigenvalue weighted by Crippen LogP contribution is -2.51. The Bertz CT molecular complexity index is 1140. The van der Waals surface area contributed by atoms with Gasteiger partial charge in [0.15, 0.2) is 0 Å². The summed E-state index contributed by atoms with van der Waals surface area (Å²) in [6.45, 7) is 5.31. The van der Waals surface area contributed by atoms with Crippen molar-refractivity contribution in [3.05, 3.63) is 35.4 Å². The molecule has 1 atom stereocenters. The Kier molecular flexibility index (Phi) is 6.97. The van der Waals surface area contributed by atoms with Gasteiger partial charge in [0.05, 0.1) is 24.7 Å². The molecule has 0 radical (unpaired) electrons. The number of hydrogen-bond acceptors (Lipinski definition) is 8. The second kappa shape index (κ2) is 10.2. The van der Waals surface area contributed by atoms with Gasteiger partial charge < -0.3 is 29.7 Å². The van der Waals surface area contributed by atoms with Crippen LogP contribution in [-0.2, 0) is 19.1 Å². The molecule has 2 saturated heterocycles. The highest BCUT2D eigenvalue weighted by Crippen LogP contribution is 2.38. The van der Waals surface area contributed by atoms with Gasteiger partial charge in [-0.3, -0.25) is 0 Å². The van der Waals surface area contributed by atoms with Crippen LogP contribution in [-0.4, -0.2) is 102 Å². The Morgan fingerprint density at radius 3 is 2.59 bits per heavy atom. The molecule has 1 N–H and O–H groups in total. The van der Waals surface area contributed by atoms with Gasteiger partial charge in [0.1, 0.15) is 17.7 Å². The summed E-state index contributed by atoms with van der Waals surface area (Å²) in [6, 6.07) is 1.18. The van der Waals surface area contributed by atoms with Gasteiger partial charge in [0, 0.05) is 70.4 Å². The maximum atomic E-state index is 13.5. The standard InChI is InChI=1S/C24H31F3N8O2/c1-32-7-9-33(10-8-32)23(36)35-5-3-16(13-35)31-21-18-14-34(6-4-20(18)29-15-30-21)17-11-19(24(25,26)27)22(37-2)28-12-17/h11-12,15-16H,3-10,13-14H2,1-2H3,(H,29,30,31)/t16-/m0/s1. The van der Waals surface area contributed by atoms with E-state index in [0.717, 1.165) is 49.9 Å². The number of hydrogen-bond donors (Lipinski definition) is 1. The first-order valence-electron chi connectivity index (χ1n) is 12.4. The van der Waals surface area contributed by atoms with E-state index in [9.17, 15) is 18.0 Å². The van der Waals surface area contributed by atoms with Crippen molar-refractivity contribution in [1.29, 1.82) is 0 Å². The van der Waals surface area contributed by atoms with Gasteiger partial charge in [-0.1, -0.05) is 0 Å². The molecule has 200 valence electrons. The van der Waals surface area contributed by atoms with Gasteiger partial charge in [-0.2, -0.15) is 13.2 Å². The number of amides is 2. The topological polar surface area (TPSA) is 90.0 Å². The second-order valence-electron chi connectivity index (χ2n) is 9.72. The second-order valence-corrected chi connectivity index (χ2v) is 9.72. The number of pyridine rings is 1. The molecule has 5 rings (SSSR count). The average molecular weight is 521 g/mol. The van der Waals surface area contributed by atoms with Crippen LogP contribution in [0.3, 0.4) is 0 Å². The molecule has 5 heterocycles. The molecule has 10 nitrogen and oxygen atoms in total. The van der Waals surface area contributed by atoms with E-state index < -0.39 is 17.6 Å². The van der Waals surface area contributed by atoms with E-state index in [-0.39, 0.29) is 12.1 Å². The molecule has 3 aliphatic heterocycles. The molecule has 0 saturated carbocycles. The monoisotopic (exact) mass is 520 g/mol. The third-order valence-electron chi connectivity index (χ3n) is 7.28. The molecular formula is C24H31F3N8O2. The van der Waals surface area contributed by atoms with Crippen LogP contribution in [0.1, 0.15) is 23.2 Å². The SMILES string of the molecule is COc1ncc(N2CCc3ncnc(N[C@H]4CCN(C(=O)N5CCN(C)CC5)C4)c3C2)cc1C(F)(F)F. The highest BCUT2D eigenvalue weighted by Gasteiger charge is 2.37. The maximum Gasteiger partial charge on any atom is 0.421 e. The number of halogens is 3. The minimum absolute atomic E-state index is 0.0327. The zero-order valence-corrected chi connectivity index (χ0v) is 21.0. The van der Waals surface area contributed by atoms with Crippen LogP contribution >= 0.6 is 0 Å². The normalized spacial score (nSPS) is 20.7. The first-order chi connectivity index (χ1) is 17.7. The van der Waals surface area contributed by atoms with Gasteiger partial charge in [-0.25, -0.2) is 19.7 Å². The van der Waals surface area contributed by atoms with Gasteiger partial charge in [-0.05, 0) is 19.5 Å². The largest absolute Gasteiger partial charge is 0.481 e. The van der Waals surface area contributed by atoms with Crippen molar-refractivity contribution in [2.24, 2.45) is 0 Å². The van der Waals surface area contributed by atoms with E-state index in [1.54, 1.807) is 0 Å². The van der Waals surface area contributed by atoms with E-state index in [4.69, 9.17) is 4.74 Å². The summed E-state index contributed by atoms with van der Waals surface area (Å²) in [5.74, 6) is 0.211. The summed E-state index contributed by atoms with van der Waals surface area (Å²) >= 11 is 0. The van der Waals surface area contributed by atoms with E-state index in [2.05, 4.69) is 32.2 Å². The number of alkyl halides is 3. The molecule has 0 unspecified atom stereocenters. The van der Waals surface area contributed by atoms with E-state index >= 15 is 0 Å². The molecule has 0 aromatic carbocycles. The van der Waals surface area contributed by atoms with Crippen LogP contribution < -0.4 is 15.0 Å². The number of urea groups is 1. The number of aromatic nitrogens is 3. The number of methoxy groups -OCH3 is 1. The number of carbonyl (C=O) groups excluding carboxylic acids is 1. The van der Waals surface area contributed by atoms with Crippen molar-refractivity contribution in [3.8, 4) is 5.88 Å². The predicted octanol–water partition coefficient (Wildman–Crippen LogP) is 2.32. The van der Waals surface area contributed by atoms with Crippen molar-refractivity contribution >= 4 is 17.5 Å². The first-order valence-corrected chi connectivity index (χ1v) is 12.4. The molecule has 2 aromatic heterocycles. The van der Waals surface area contributed by atoms with Crippen molar-refractivity contribution in [3.63, 3.8) is 0 Å². The van der Waals surface area contributed by atoms with Crippen molar-refractivity contribution in [2.75, 3.05) is 70.2 Å². The quantitative estimate of drug-likeness (QED) is 0.657. The fraction of sp³-hybridized carbons (Fsp3) is 0.583. The minimum Gasteiger partial charge on any atom is -0.481 e. The summed E-state index contributed by atoms with van der Waals surface area (Å²) in [5.41, 5.74) is 1.17. The summed E-state index contributed by atoms with van der Waals surface area (Å²) in [4.78, 5) is 33.6. The zero-order chi connectivity index (χ0) is 26.2. The summed E-state index contributed by atoms with van der Waals surface area (Å²) in [7, 11) is 3.23. The summed E-state index contributed by atoms with van der Waals surface area (Å²) in [5, 5.41) is 3.48. The molecular weight excluding hydrogens is 489 g/mol. The first kappa shape index (κ1) is 25.3. The van der Waals surface area contributed by atoms with Crippen LogP contribution in [0, 0.1) is 0 Å². The van der Waals surface area contributed by atoms with E-state index in [0.29, 0.717) is 44.1 Å². The van der Waals surface area contributed by atoms with Crippen molar-refractivity contribution < 1.29 is 22.7 Å². The number of piperazine rings is 1. The van der Waals surface area contributed by atoms with E-state index in [1.807, 2.05) is 14.7 Å². The predicted molar refractivity (Wildman–Crippen MR) is 131 cm³/mol. The summed E-state index contributed by atoms with van der Waals surface area (Å²) < 4.78 is 45.4. The molecule has 2 fully saturated rings. The smallest absolute Gasteiger partial charge is 0.421 e. The number of likely N-dealkylation sites (tertiary alicyclic amines) is 1. The fourth-order valence-corrected chi connectivity index (χ4v) is 5.11. The molecule has 37 heavy (non-hydrogen) atoms. The third kappa shape index (κ3) is 5.36. The lowest BCUT2D eigenvalue weighted by molar-refractivity contribution is -0.139. The van der Waals surface area contributed by atoms with Gasteiger partial charge in [0.25, 0.3) is 0 Å². The van der Waals surface area contributed by atoms with Gasteiger partial charge in [0.2, 0.25) is 5.88 Å². The highest BCUT2D eigenvalue weighted by atomic mass is 19.4. The average Bonchev–Trinajstić information content (AvgIpc) is 3.36. The highest BCUT2D eigenvalue weighted by molar-refractivity contribution is 5.75. The number of ether oxygens (including phenoxy) is 1. The molecule has 13 heteroatoms. The number of anilines is 2. The molecule has 3 aliphatic rings. The minimum atomic E-state index is -4.58. The van der Waals surface area contributed by atoms with Gasteiger partial charge >= 0.3 is 12.2 Å². The zero-order valence-electron chi connectivity index (χ0n) is 21.0. The Balaban J connectivity index is 1.28. The molecule has 2 aromatic rings. The van der Waals surface area contributed by atoms with Crippen LogP contribution in [0.5, 0.6) is 5.88 Å². The molecule has 0 aliphatic carbocycles. The Morgan fingerprint density at radius 1 is 1.08 bits per heavy atom. The van der Waals surface area contributed by atoms with E-state index in [1.165, 1.54) is 19.6 Å².